The molecule has 0 unspecified atom stereocenters. The Hall–Kier alpha value is -1.92. The van der Waals surface area contributed by atoms with Gasteiger partial charge in [0.15, 0.2) is 0 Å². The highest BCUT2D eigenvalue weighted by Crippen LogP contribution is 2.28. The number of rotatable bonds is 5. The first kappa shape index (κ1) is 15.0. The summed E-state index contributed by atoms with van der Waals surface area (Å²) in [5, 5.41) is 10.6. The van der Waals surface area contributed by atoms with Crippen LogP contribution in [0.25, 0.3) is 5.52 Å². The summed E-state index contributed by atoms with van der Waals surface area (Å²) in [6.07, 6.45) is 5.48. The van der Waals surface area contributed by atoms with Gasteiger partial charge in [-0.05, 0) is 38.1 Å². The van der Waals surface area contributed by atoms with Crippen LogP contribution in [0, 0.1) is 5.41 Å². The van der Waals surface area contributed by atoms with Crippen LogP contribution >= 0.6 is 0 Å². The molecule has 2 aromatic heterocycles. The van der Waals surface area contributed by atoms with E-state index in [0.29, 0.717) is 18.7 Å². The van der Waals surface area contributed by atoms with Gasteiger partial charge in [-0.15, -0.1) is 0 Å². The van der Waals surface area contributed by atoms with Gasteiger partial charge in [0.1, 0.15) is 0 Å². The minimum absolute atomic E-state index is 0.0264. The van der Waals surface area contributed by atoms with Gasteiger partial charge in [-0.3, -0.25) is 4.79 Å². The lowest BCUT2D eigenvalue weighted by molar-refractivity contribution is 0.0512. The molecule has 1 aliphatic rings. The summed E-state index contributed by atoms with van der Waals surface area (Å²) in [4.78, 5) is 12.5. The number of amides is 1. The third-order valence-electron chi connectivity index (χ3n) is 4.41. The minimum atomic E-state index is -0.0739. The lowest BCUT2D eigenvalue weighted by atomic mass is 9.79. The van der Waals surface area contributed by atoms with Crippen molar-refractivity contribution < 1.29 is 9.53 Å². The molecule has 0 saturated carbocycles. The van der Waals surface area contributed by atoms with Crippen molar-refractivity contribution in [3.05, 3.63) is 36.2 Å². The number of carbonyl (C=O) groups is 1. The number of methoxy groups -OCH3 is 1. The van der Waals surface area contributed by atoms with Crippen molar-refractivity contribution in [2.24, 2.45) is 5.41 Å². The van der Waals surface area contributed by atoms with Crippen LogP contribution < -0.4 is 10.6 Å². The first-order valence-electron chi connectivity index (χ1n) is 7.64. The van der Waals surface area contributed by atoms with E-state index in [1.54, 1.807) is 17.8 Å². The van der Waals surface area contributed by atoms with E-state index >= 15 is 0 Å². The van der Waals surface area contributed by atoms with Crippen molar-refractivity contribution in [1.82, 2.24) is 20.2 Å². The van der Waals surface area contributed by atoms with E-state index in [9.17, 15) is 4.79 Å². The molecule has 2 N–H and O–H groups in total. The Morgan fingerprint density at radius 2 is 2.27 bits per heavy atom. The van der Waals surface area contributed by atoms with Crippen LogP contribution in [-0.2, 0) is 4.74 Å². The number of nitrogens with one attached hydrogen (secondary N) is 2. The van der Waals surface area contributed by atoms with Crippen LogP contribution in [0.1, 0.15) is 23.2 Å². The Balaban J connectivity index is 1.71. The van der Waals surface area contributed by atoms with Crippen LogP contribution in [-0.4, -0.2) is 48.9 Å². The van der Waals surface area contributed by atoms with Crippen molar-refractivity contribution in [2.45, 2.75) is 12.8 Å². The lowest BCUT2D eigenvalue weighted by Gasteiger charge is -2.37. The third kappa shape index (κ3) is 2.98. The molecule has 6 heteroatoms. The van der Waals surface area contributed by atoms with Crippen molar-refractivity contribution in [2.75, 3.05) is 33.4 Å². The molecule has 0 radical (unpaired) electrons. The molecule has 22 heavy (non-hydrogen) atoms. The summed E-state index contributed by atoms with van der Waals surface area (Å²) in [5.74, 6) is -0.0739. The molecule has 3 rings (SSSR count). The fourth-order valence-electron chi connectivity index (χ4n) is 3.11. The van der Waals surface area contributed by atoms with Crippen molar-refractivity contribution in [3.8, 4) is 0 Å². The summed E-state index contributed by atoms with van der Waals surface area (Å²) in [6, 6.07) is 5.70. The molecule has 1 fully saturated rings. The average Bonchev–Trinajstić information content (AvgIpc) is 2.98. The van der Waals surface area contributed by atoms with Gasteiger partial charge in [0.25, 0.3) is 5.91 Å². The smallest absolute Gasteiger partial charge is 0.255 e. The van der Waals surface area contributed by atoms with Gasteiger partial charge < -0.3 is 15.4 Å². The van der Waals surface area contributed by atoms with E-state index in [2.05, 4.69) is 15.7 Å². The van der Waals surface area contributed by atoms with E-state index in [0.717, 1.165) is 31.4 Å². The molecule has 6 nitrogen and oxygen atoms in total. The van der Waals surface area contributed by atoms with Crippen LogP contribution in [0.15, 0.2) is 30.6 Å². The summed E-state index contributed by atoms with van der Waals surface area (Å²) < 4.78 is 7.10. The first-order valence-corrected chi connectivity index (χ1v) is 7.64. The van der Waals surface area contributed by atoms with E-state index in [-0.39, 0.29) is 11.3 Å². The second-order valence-electron chi connectivity index (χ2n) is 5.95. The highest BCUT2D eigenvalue weighted by Gasteiger charge is 2.32. The standard InChI is InChI=1S/C16H22N4O2/c1-22-12-16(5-7-17-8-6-16)11-18-15(21)13-10-19-20-9-3-2-4-14(13)20/h2-4,9-10,17H,5-8,11-12H2,1H3,(H,18,21). The molecule has 1 amide bonds. The second kappa shape index (κ2) is 6.46. The highest BCUT2D eigenvalue weighted by molar-refractivity contribution is 6.00. The van der Waals surface area contributed by atoms with Crippen LogP contribution in [0.2, 0.25) is 0 Å². The Labute approximate surface area is 129 Å². The largest absolute Gasteiger partial charge is 0.384 e. The van der Waals surface area contributed by atoms with E-state index in [1.807, 2.05) is 24.4 Å². The van der Waals surface area contributed by atoms with Crippen molar-refractivity contribution in [1.29, 1.82) is 0 Å². The SMILES string of the molecule is COCC1(CNC(=O)c2cnn3ccccc23)CCNCC1. The number of carbonyl (C=O) groups excluding carboxylic acids is 1. The van der Waals surface area contributed by atoms with Gasteiger partial charge in [0.05, 0.1) is 23.9 Å². The van der Waals surface area contributed by atoms with Gasteiger partial charge in [-0.2, -0.15) is 5.10 Å². The van der Waals surface area contributed by atoms with Crippen molar-refractivity contribution >= 4 is 11.4 Å². The molecule has 0 spiro atoms. The first-order chi connectivity index (χ1) is 10.7. The van der Waals surface area contributed by atoms with Crippen molar-refractivity contribution in [3.63, 3.8) is 0 Å². The number of pyridine rings is 1. The fraction of sp³-hybridized carbons (Fsp3) is 0.500. The van der Waals surface area contributed by atoms with E-state index in [4.69, 9.17) is 4.74 Å². The molecule has 0 bridgehead atoms. The minimum Gasteiger partial charge on any atom is -0.384 e. The normalized spacial score (nSPS) is 17.5. The molecule has 0 aromatic carbocycles. The molecule has 3 heterocycles. The predicted octanol–water partition coefficient (Wildman–Crippen LogP) is 1.08. The number of aromatic nitrogens is 2. The number of hydrogen-bond acceptors (Lipinski definition) is 4. The van der Waals surface area contributed by atoms with Gasteiger partial charge in [0, 0.05) is 25.3 Å². The maximum absolute atomic E-state index is 12.5. The summed E-state index contributed by atoms with van der Waals surface area (Å²) in [6.45, 7) is 3.24. The maximum Gasteiger partial charge on any atom is 0.255 e. The zero-order chi connectivity index (χ0) is 15.4. The summed E-state index contributed by atoms with van der Waals surface area (Å²) in [5.41, 5.74) is 1.46. The quantitative estimate of drug-likeness (QED) is 0.867. The molecular formula is C16H22N4O2. The van der Waals surface area contributed by atoms with Crippen LogP contribution in [0.5, 0.6) is 0 Å². The maximum atomic E-state index is 12.5. The fourth-order valence-corrected chi connectivity index (χ4v) is 3.11. The number of ether oxygens (including phenoxy) is 1. The number of fused-ring (bicyclic) bond motifs is 1. The average molecular weight is 302 g/mol. The molecule has 0 atom stereocenters. The molecular weight excluding hydrogens is 280 g/mol. The third-order valence-corrected chi connectivity index (χ3v) is 4.41. The number of nitrogens with zero attached hydrogens (tertiary/aromatic N) is 2. The Morgan fingerprint density at radius 1 is 1.45 bits per heavy atom. The van der Waals surface area contributed by atoms with Crippen LogP contribution in [0.4, 0.5) is 0 Å². The van der Waals surface area contributed by atoms with E-state index < -0.39 is 0 Å². The number of hydrogen-bond donors (Lipinski definition) is 2. The predicted molar refractivity (Wildman–Crippen MR) is 83.9 cm³/mol. The zero-order valence-electron chi connectivity index (χ0n) is 12.8. The summed E-state index contributed by atoms with van der Waals surface area (Å²) in [7, 11) is 1.72. The lowest BCUT2D eigenvalue weighted by Crippen LogP contribution is -2.47. The zero-order valence-corrected chi connectivity index (χ0v) is 12.8. The van der Waals surface area contributed by atoms with Gasteiger partial charge in [-0.25, -0.2) is 4.52 Å². The molecule has 0 aliphatic carbocycles. The Morgan fingerprint density at radius 3 is 3.05 bits per heavy atom. The topological polar surface area (TPSA) is 67.7 Å². The number of piperidine rings is 1. The second-order valence-corrected chi connectivity index (χ2v) is 5.95. The molecule has 118 valence electrons. The Bertz CT molecular complexity index is 641. The van der Waals surface area contributed by atoms with E-state index in [1.165, 1.54) is 0 Å². The van der Waals surface area contributed by atoms with Gasteiger partial charge in [-0.1, -0.05) is 6.07 Å². The monoisotopic (exact) mass is 302 g/mol. The van der Waals surface area contributed by atoms with Gasteiger partial charge in [0.2, 0.25) is 0 Å². The summed E-state index contributed by atoms with van der Waals surface area (Å²) >= 11 is 0. The Kier molecular flexibility index (Phi) is 4.40. The molecule has 1 aliphatic heterocycles. The molecule has 2 aromatic rings. The molecule has 1 saturated heterocycles. The van der Waals surface area contributed by atoms with Crippen LogP contribution in [0.3, 0.4) is 0 Å². The van der Waals surface area contributed by atoms with Gasteiger partial charge >= 0.3 is 0 Å². The highest BCUT2D eigenvalue weighted by atomic mass is 16.5.